The molecule has 0 aromatic heterocycles. The van der Waals surface area contributed by atoms with Gasteiger partial charge in [0, 0.05) is 23.5 Å². The van der Waals surface area contributed by atoms with Gasteiger partial charge in [0.15, 0.2) is 0 Å². The van der Waals surface area contributed by atoms with E-state index in [4.69, 9.17) is 10.5 Å². The summed E-state index contributed by atoms with van der Waals surface area (Å²) in [6.07, 6.45) is 0. The molecule has 0 bridgehead atoms. The van der Waals surface area contributed by atoms with Gasteiger partial charge >= 0.3 is 0 Å². The fourth-order valence-corrected chi connectivity index (χ4v) is 2.01. The second-order valence-corrected chi connectivity index (χ2v) is 4.47. The van der Waals surface area contributed by atoms with Gasteiger partial charge in [0.1, 0.15) is 5.75 Å². The molecule has 20 heavy (non-hydrogen) atoms. The van der Waals surface area contributed by atoms with Crippen molar-refractivity contribution in [2.24, 2.45) is 5.73 Å². The third-order valence-corrected chi connectivity index (χ3v) is 3.08. The van der Waals surface area contributed by atoms with Crippen molar-refractivity contribution in [3.63, 3.8) is 0 Å². The number of methoxy groups -OCH3 is 1. The molecule has 2 aromatic carbocycles. The lowest BCUT2D eigenvalue weighted by molar-refractivity contribution is 0.0943. The van der Waals surface area contributed by atoms with Crippen LogP contribution in [0, 0.1) is 0 Å². The van der Waals surface area contributed by atoms with Crippen molar-refractivity contribution < 1.29 is 9.53 Å². The molecule has 2 aromatic rings. The summed E-state index contributed by atoms with van der Waals surface area (Å²) < 4.78 is 5.31. The Bertz CT molecular complexity index is 601. The molecule has 0 aliphatic carbocycles. The van der Waals surface area contributed by atoms with E-state index < -0.39 is 0 Å². The van der Waals surface area contributed by atoms with Gasteiger partial charge in [0.05, 0.1) is 7.11 Å². The van der Waals surface area contributed by atoms with E-state index >= 15 is 0 Å². The van der Waals surface area contributed by atoms with Crippen molar-refractivity contribution in [3.05, 3.63) is 42.0 Å². The van der Waals surface area contributed by atoms with Crippen molar-refractivity contribution in [2.75, 3.05) is 13.7 Å². The highest BCUT2D eigenvalue weighted by Crippen LogP contribution is 2.28. The average Bonchev–Trinajstić information content (AvgIpc) is 2.45. The molecule has 0 aliphatic heterocycles. The number of fused-ring (bicyclic) bond motifs is 1. The predicted molar refractivity (Wildman–Crippen MR) is 83.7 cm³/mol. The number of carbonyl (C=O) groups excluding carboxylic acids is 1. The minimum atomic E-state index is -0.114. The van der Waals surface area contributed by atoms with Crippen LogP contribution in [0.5, 0.6) is 5.75 Å². The molecule has 0 radical (unpaired) electrons. The number of amides is 1. The Morgan fingerprint density at radius 3 is 2.50 bits per heavy atom. The van der Waals surface area contributed by atoms with Crippen molar-refractivity contribution in [1.82, 2.24) is 5.32 Å². The van der Waals surface area contributed by atoms with E-state index in [0.717, 1.165) is 16.5 Å². The zero-order chi connectivity index (χ0) is 13.8. The summed E-state index contributed by atoms with van der Waals surface area (Å²) in [5.74, 6) is 0.649. The van der Waals surface area contributed by atoms with Crippen LogP contribution in [0.1, 0.15) is 17.3 Å². The van der Waals surface area contributed by atoms with Crippen LogP contribution < -0.4 is 15.8 Å². The molecule has 0 saturated heterocycles. The Balaban J connectivity index is 0.00000200. The second kappa shape index (κ2) is 7.12. The van der Waals surface area contributed by atoms with Gasteiger partial charge in [-0.15, -0.1) is 12.4 Å². The zero-order valence-electron chi connectivity index (χ0n) is 11.6. The van der Waals surface area contributed by atoms with Gasteiger partial charge in [0.2, 0.25) is 0 Å². The Kier molecular flexibility index (Phi) is 5.80. The lowest BCUT2D eigenvalue weighted by Gasteiger charge is -2.14. The van der Waals surface area contributed by atoms with Gasteiger partial charge in [0.25, 0.3) is 5.91 Å². The van der Waals surface area contributed by atoms with Crippen LogP contribution in [-0.4, -0.2) is 25.6 Å². The third kappa shape index (κ3) is 3.21. The van der Waals surface area contributed by atoms with Crippen molar-refractivity contribution in [1.29, 1.82) is 0 Å². The maximum Gasteiger partial charge on any atom is 0.252 e. The average molecular weight is 295 g/mol. The number of hydrogen-bond donors (Lipinski definition) is 2. The van der Waals surface area contributed by atoms with E-state index in [1.54, 1.807) is 13.2 Å². The van der Waals surface area contributed by atoms with Gasteiger partial charge < -0.3 is 15.8 Å². The molecule has 0 spiro atoms. The molecule has 1 amide bonds. The Morgan fingerprint density at radius 2 is 1.90 bits per heavy atom. The standard InChI is InChI=1S/C15H18N2O2.ClH/c1-10(9-16)17-15(18)13-7-8-14(19-2)12-6-4-3-5-11(12)13;/h3-8,10H,9,16H2,1-2H3,(H,17,18);1H/t10-;/m0./s1. The predicted octanol–water partition coefficient (Wildman–Crippen LogP) is 2.35. The van der Waals surface area contributed by atoms with Gasteiger partial charge in [-0.25, -0.2) is 0 Å². The molecule has 3 N–H and O–H groups in total. The number of nitrogens with two attached hydrogens (primary N) is 1. The van der Waals surface area contributed by atoms with Gasteiger partial charge in [-0.1, -0.05) is 24.3 Å². The molecular formula is C15H19ClN2O2. The van der Waals surface area contributed by atoms with Crippen LogP contribution in [0.2, 0.25) is 0 Å². The zero-order valence-corrected chi connectivity index (χ0v) is 12.4. The van der Waals surface area contributed by atoms with E-state index in [1.807, 2.05) is 37.3 Å². The highest BCUT2D eigenvalue weighted by atomic mass is 35.5. The van der Waals surface area contributed by atoms with Crippen molar-refractivity contribution in [2.45, 2.75) is 13.0 Å². The first kappa shape index (κ1) is 16.3. The number of halogens is 1. The first-order chi connectivity index (χ1) is 9.17. The number of carbonyl (C=O) groups is 1. The lowest BCUT2D eigenvalue weighted by atomic mass is 10.0. The molecule has 0 fully saturated rings. The fraction of sp³-hybridized carbons (Fsp3) is 0.267. The molecule has 4 nitrogen and oxygen atoms in total. The first-order valence-corrected chi connectivity index (χ1v) is 6.24. The number of ether oxygens (including phenoxy) is 1. The summed E-state index contributed by atoms with van der Waals surface area (Å²) in [7, 11) is 1.62. The fourth-order valence-electron chi connectivity index (χ4n) is 2.01. The maximum absolute atomic E-state index is 12.2. The quantitative estimate of drug-likeness (QED) is 0.910. The largest absolute Gasteiger partial charge is 0.496 e. The monoisotopic (exact) mass is 294 g/mol. The minimum absolute atomic E-state index is 0. The molecule has 108 valence electrons. The summed E-state index contributed by atoms with van der Waals surface area (Å²) in [5, 5.41) is 4.68. The van der Waals surface area contributed by atoms with Crippen LogP contribution in [0.15, 0.2) is 36.4 Å². The highest BCUT2D eigenvalue weighted by molar-refractivity contribution is 6.08. The summed E-state index contributed by atoms with van der Waals surface area (Å²) in [5.41, 5.74) is 6.16. The SMILES string of the molecule is COc1ccc(C(=O)N[C@@H](C)CN)c2ccccc12.Cl. The smallest absolute Gasteiger partial charge is 0.252 e. The summed E-state index contributed by atoms with van der Waals surface area (Å²) >= 11 is 0. The van der Waals surface area contributed by atoms with Gasteiger partial charge in [-0.3, -0.25) is 4.79 Å². The first-order valence-electron chi connectivity index (χ1n) is 6.24. The number of nitrogens with one attached hydrogen (secondary N) is 1. The Morgan fingerprint density at radius 1 is 1.25 bits per heavy atom. The molecule has 0 unspecified atom stereocenters. The van der Waals surface area contributed by atoms with Crippen LogP contribution in [0.4, 0.5) is 0 Å². The highest BCUT2D eigenvalue weighted by Gasteiger charge is 2.13. The van der Waals surface area contributed by atoms with E-state index in [2.05, 4.69) is 5.32 Å². The van der Waals surface area contributed by atoms with Crippen molar-refractivity contribution in [3.8, 4) is 5.75 Å². The number of rotatable bonds is 4. The molecule has 0 saturated carbocycles. The number of hydrogen-bond acceptors (Lipinski definition) is 3. The van der Waals surface area contributed by atoms with Crippen LogP contribution in [-0.2, 0) is 0 Å². The molecule has 5 heteroatoms. The molecule has 2 rings (SSSR count). The number of benzene rings is 2. The van der Waals surface area contributed by atoms with Gasteiger partial charge in [-0.05, 0) is 24.4 Å². The van der Waals surface area contributed by atoms with E-state index in [9.17, 15) is 4.79 Å². The lowest BCUT2D eigenvalue weighted by Crippen LogP contribution is -2.37. The second-order valence-electron chi connectivity index (χ2n) is 4.47. The van der Waals surface area contributed by atoms with E-state index in [-0.39, 0.29) is 24.4 Å². The molecule has 0 heterocycles. The molecule has 1 atom stereocenters. The van der Waals surface area contributed by atoms with Gasteiger partial charge in [-0.2, -0.15) is 0 Å². The van der Waals surface area contributed by atoms with E-state index in [0.29, 0.717) is 12.1 Å². The maximum atomic E-state index is 12.2. The Hall–Kier alpha value is -1.78. The summed E-state index contributed by atoms with van der Waals surface area (Å²) in [6, 6.07) is 11.2. The van der Waals surface area contributed by atoms with Crippen LogP contribution in [0.25, 0.3) is 10.8 Å². The minimum Gasteiger partial charge on any atom is -0.496 e. The van der Waals surface area contributed by atoms with E-state index in [1.165, 1.54) is 0 Å². The summed E-state index contributed by atoms with van der Waals surface area (Å²) in [6.45, 7) is 2.30. The normalized spacial score (nSPS) is 11.6. The molecule has 0 aliphatic rings. The third-order valence-electron chi connectivity index (χ3n) is 3.08. The van der Waals surface area contributed by atoms with Crippen molar-refractivity contribution >= 4 is 29.1 Å². The molecular weight excluding hydrogens is 276 g/mol. The summed E-state index contributed by atoms with van der Waals surface area (Å²) in [4.78, 5) is 12.2. The van der Waals surface area contributed by atoms with Crippen LogP contribution >= 0.6 is 12.4 Å². The topological polar surface area (TPSA) is 64.3 Å². The Labute approximate surface area is 124 Å². The van der Waals surface area contributed by atoms with Crippen LogP contribution in [0.3, 0.4) is 0 Å².